The van der Waals surface area contributed by atoms with Gasteiger partial charge in [-0.15, -0.1) is 0 Å². The fraction of sp³-hybridized carbons (Fsp3) is 0.303. The second-order valence-electron chi connectivity index (χ2n) is 10.1. The molecule has 208 valence electrons. The number of halogens is 1. The van der Waals surface area contributed by atoms with Gasteiger partial charge in [0.25, 0.3) is 5.91 Å². The zero-order valence-corrected chi connectivity index (χ0v) is 23.9. The van der Waals surface area contributed by atoms with Crippen molar-refractivity contribution < 1.29 is 19.1 Å². The maximum absolute atomic E-state index is 13.4. The first-order valence-electron chi connectivity index (χ1n) is 13.6. The second kappa shape index (κ2) is 13.4. The molecule has 3 aromatic rings. The topological polar surface area (TPSA) is 75.7 Å². The summed E-state index contributed by atoms with van der Waals surface area (Å²) in [4.78, 5) is 41.1. The van der Waals surface area contributed by atoms with Crippen molar-refractivity contribution in [1.29, 1.82) is 0 Å². The van der Waals surface area contributed by atoms with E-state index in [2.05, 4.69) is 17.4 Å². The van der Waals surface area contributed by atoms with Crippen LogP contribution in [0.25, 0.3) is 0 Å². The molecule has 1 N–H and O–H groups in total. The van der Waals surface area contributed by atoms with E-state index in [1.165, 1.54) is 5.56 Å². The monoisotopic (exact) mass is 558 g/mol. The van der Waals surface area contributed by atoms with Crippen LogP contribution in [0.3, 0.4) is 0 Å². The standard InChI is InChI=1S/C33H35ClN2O4/c1-4-40-33(39)31-23(3)36(30(37)20-29(31)26-13-9-15-28(34)19-26)21-25-12-8-14-27(18-25)32(38)35-22(2)16-17-24-10-6-5-7-11-24/h5-15,18-19,22,29H,4,16-17,20-21H2,1-3H3,(H,35,38). The average Bonchev–Trinajstić information content (AvgIpc) is 2.94. The van der Waals surface area contributed by atoms with Crippen molar-refractivity contribution in [1.82, 2.24) is 10.2 Å². The summed E-state index contributed by atoms with van der Waals surface area (Å²) < 4.78 is 5.38. The lowest BCUT2D eigenvalue weighted by Crippen LogP contribution is -2.38. The number of allylic oxidation sites excluding steroid dienone is 1. The fourth-order valence-electron chi connectivity index (χ4n) is 5.09. The van der Waals surface area contributed by atoms with Crippen LogP contribution >= 0.6 is 11.6 Å². The molecule has 40 heavy (non-hydrogen) atoms. The van der Waals surface area contributed by atoms with Crippen molar-refractivity contribution >= 4 is 29.4 Å². The van der Waals surface area contributed by atoms with E-state index in [9.17, 15) is 14.4 Å². The first-order chi connectivity index (χ1) is 19.3. The van der Waals surface area contributed by atoms with E-state index >= 15 is 0 Å². The Morgan fingerprint density at radius 3 is 2.48 bits per heavy atom. The number of benzene rings is 3. The van der Waals surface area contributed by atoms with Gasteiger partial charge in [-0.05, 0) is 74.6 Å². The number of amides is 2. The molecule has 0 aliphatic carbocycles. The van der Waals surface area contributed by atoms with Gasteiger partial charge in [0.2, 0.25) is 5.91 Å². The van der Waals surface area contributed by atoms with E-state index < -0.39 is 11.9 Å². The summed E-state index contributed by atoms with van der Waals surface area (Å²) in [7, 11) is 0. The molecule has 2 unspecified atom stereocenters. The van der Waals surface area contributed by atoms with Gasteiger partial charge in [-0.2, -0.15) is 0 Å². The number of hydrogen-bond donors (Lipinski definition) is 1. The summed E-state index contributed by atoms with van der Waals surface area (Å²) in [5.74, 6) is -1.16. The van der Waals surface area contributed by atoms with Crippen LogP contribution < -0.4 is 5.32 Å². The van der Waals surface area contributed by atoms with Crippen molar-refractivity contribution in [2.45, 2.75) is 58.5 Å². The molecular formula is C33H35ClN2O4. The molecule has 0 spiro atoms. The van der Waals surface area contributed by atoms with E-state index in [1.807, 2.05) is 49.4 Å². The molecule has 1 aliphatic rings. The van der Waals surface area contributed by atoms with Crippen LogP contribution in [0.5, 0.6) is 0 Å². The Kier molecular flexibility index (Phi) is 9.78. The summed E-state index contributed by atoms with van der Waals surface area (Å²) >= 11 is 6.22. The van der Waals surface area contributed by atoms with Crippen molar-refractivity contribution in [3.8, 4) is 0 Å². The van der Waals surface area contributed by atoms with Crippen LogP contribution in [0, 0.1) is 0 Å². The zero-order chi connectivity index (χ0) is 28.6. The minimum atomic E-state index is -0.448. The molecule has 4 rings (SSSR count). The lowest BCUT2D eigenvalue weighted by molar-refractivity contribution is -0.140. The molecule has 0 bridgehead atoms. The number of nitrogens with zero attached hydrogens (tertiary/aromatic N) is 1. The first kappa shape index (κ1) is 29.1. The number of hydrogen-bond acceptors (Lipinski definition) is 4. The van der Waals surface area contributed by atoms with Gasteiger partial charge in [-0.1, -0.05) is 66.2 Å². The Bertz CT molecular complexity index is 1400. The normalized spacial score (nSPS) is 16.1. The Morgan fingerprint density at radius 1 is 1.02 bits per heavy atom. The highest BCUT2D eigenvalue weighted by molar-refractivity contribution is 6.30. The molecule has 1 heterocycles. The summed E-state index contributed by atoms with van der Waals surface area (Å²) in [6, 6.07) is 24.7. The summed E-state index contributed by atoms with van der Waals surface area (Å²) in [5, 5.41) is 3.62. The minimum absolute atomic E-state index is 0.000715. The highest BCUT2D eigenvalue weighted by Gasteiger charge is 2.37. The number of rotatable bonds is 10. The van der Waals surface area contributed by atoms with Crippen LogP contribution in [0.15, 0.2) is 90.1 Å². The van der Waals surface area contributed by atoms with Crippen molar-refractivity contribution in [3.63, 3.8) is 0 Å². The molecule has 3 aromatic carbocycles. The third kappa shape index (κ3) is 7.19. The second-order valence-corrected chi connectivity index (χ2v) is 10.5. The minimum Gasteiger partial charge on any atom is -0.463 e. The third-order valence-electron chi connectivity index (χ3n) is 7.19. The first-order valence-corrected chi connectivity index (χ1v) is 14.0. The third-order valence-corrected chi connectivity index (χ3v) is 7.42. The van der Waals surface area contributed by atoms with Gasteiger partial charge in [-0.25, -0.2) is 4.79 Å². The van der Waals surface area contributed by atoms with Gasteiger partial charge < -0.3 is 15.0 Å². The van der Waals surface area contributed by atoms with Crippen LogP contribution in [0.4, 0.5) is 0 Å². The van der Waals surface area contributed by atoms with Gasteiger partial charge >= 0.3 is 5.97 Å². The number of nitrogens with one attached hydrogen (secondary N) is 1. The van der Waals surface area contributed by atoms with Crippen LogP contribution in [-0.4, -0.2) is 35.3 Å². The number of aryl methyl sites for hydroxylation is 1. The lowest BCUT2D eigenvalue weighted by Gasteiger charge is -2.34. The predicted molar refractivity (Wildman–Crippen MR) is 157 cm³/mol. The van der Waals surface area contributed by atoms with E-state index in [-0.39, 0.29) is 37.4 Å². The largest absolute Gasteiger partial charge is 0.463 e. The van der Waals surface area contributed by atoms with E-state index in [0.717, 1.165) is 24.0 Å². The highest BCUT2D eigenvalue weighted by atomic mass is 35.5. The molecule has 0 fully saturated rings. The molecular weight excluding hydrogens is 524 g/mol. The van der Waals surface area contributed by atoms with Crippen molar-refractivity contribution in [2.24, 2.45) is 0 Å². The molecule has 1 aliphatic heterocycles. The molecule has 0 radical (unpaired) electrons. The van der Waals surface area contributed by atoms with Gasteiger partial charge in [0.1, 0.15) is 0 Å². The molecule has 2 amide bonds. The average molecular weight is 559 g/mol. The van der Waals surface area contributed by atoms with E-state index in [1.54, 1.807) is 43.0 Å². The molecule has 0 saturated heterocycles. The molecule has 6 nitrogen and oxygen atoms in total. The summed E-state index contributed by atoms with van der Waals surface area (Å²) in [6.07, 6.45) is 1.82. The maximum atomic E-state index is 13.4. The SMILES string of the molecule is CCOC(=O)C1=C(C)N(Cc2cccc(C(=O)NC(C)CCc3ccccc3)c2)C(=O)CC1c1cccc(Cl)c1. The quantitative estimate of drug-likeness (QED) is 0.290. The Labute approximate surface area is 241 Å². The van der Waals surface area contributed by atoms with Crippen molar-refractivity contribution in [3.05, 3.63) is 117 Å². The number of carbonyl (C=O) groups is 3. The molecule has 0 aromatic heterocycles. The predicted octanol–water partition coefficient (Wildman–Crippen LogP) is 6.44. The maximum Gasteiger partial charge on any atom is 0.336 e. The van der Waals surface area contributed by atoms with Gasteiger partial charge in [0.15, 0.2) is 0 Å². The Morgan fingerprint density at radius 2 is 1.75 bits per heavy atom. The number of esters is 1. The summed E-state index contributed by atoms with van der Waals surface area (Å²) in [5.41, 5.74) is 4.34. The molecule has 0 saturated carbocycles. The van der Waals surface area contributed by atoms with Crippen molar-refractivity contribution in [2.75, 3.05) is 6.61 Å². The van der Waals surface area contributed by atoms with Gasteiger partial charge in [0, 0.05) is 34.7 Å². The van der Waals surface area contributed by atoms with Gasteiger partial charge in [0.05, 0.1) is 18.7 Å². The number of ether oxygens (including phenoxy) is 1. The summed E-state index contributed by atoms with van der Waals surface area (Å²) in [6.45, 7) is 5.99. The Balaban J connectivity index is 1.51. The zero-order valence-electron chi connectivity index (χ0n) is 23.2. The fourth-order valence-corrected chi connectivity index (χ4v) is 5.28. The van der Waals surface area contributed by atoms with Gasteiger partial charge in [-0.3, -0.25) is 9.59 Å². The van der Waals surface area contributed by atoms with Crippen LogP contribution in [-0.2, 0) is 27.3 Å². The van der Waals surface area contributed by atoms with E-state index in [0.29, 0.717) is 21.9 Å². The Hall–Kier alpha value is -3.90. The van der Waals surface area contributed by atoms with Crippen LogP contribution in [0.1, 0.15) is 66.6 Å². The highest BCUT2D eigenvalue weighted by Crippen LogP contribution is 2.38. The lowest BCUT2D eigenvalue weighted by atomic mass is 9.83. The molecule has 2 atom stereocenters. The number of carbonyl (C=O) groups excluding carboxylic acids is 3. The molecule has 7 heteroatoms. The smallest absolute Gasteiger partial charge is 0.336 e. The van der Waals surface area contributed by atoms with Crippen LogP contribution in [0.2, 0.25) is 5.02 Å². The van der Waals surface area contributed by atoms with E-state index in [4.69, 9.17) is 16.3 Å².